The van der Waals surface area contributed by atoms with E-state index in [2.05, 4.69) is 22.9 Å². The lowest BCUT2D eigenvalue weighted by molar-refractivity contribution is 0.319. The molecule has 0 aliphatic rings. The quantitative estimate of drug-likeness (QED) is 0.453. The Morgan fingerprint density at radius 1 is 0.857 bits per heavy atom. The van der Waals surface area contributed by atoms with Crippen molar-refractivity contribution in [1.82, 2.24) is 0 Å². The van der Waals surface area contributed by atoms with Gasteiger partial charge < -0.3 is 9.47 Å². The Bertz CT molecular complexity index is 568. The van der Waals surface area contributed by atoms with Crippen LogP contribution in [0, 0.1) is 0 Å². The molecule has 0 aromatic heterocycles. The van der Waals surface area contributed by atoms with E-state index in [0.717, 1.165) is 35.0 Å². The number of methoxy groups -OCH3 is 1. The molecule has 0 aliphatic heterocycles. The van der Waals surface area contributed by atoms with Crippen LogP contribution in [0.1, 0.15) is 6.42 Å². The normalized spacial score (nSPS) is 10.8. The number of hydrogen-bond acceptors (Lipinski definition) is 5. The molecular formula is C16H18N2O2S. The Morgan fingerprint density at radius 3 is 1.86 bits per heavy atom. The summed E-state index contributed by atoms with van der Waals surface area (Å²) in [7, 11) is 1.64. The van der Waals surface area contributed by atoms with E-state index in [4.69, 9.17) is 9.47 Å². The number of benzene rings is 2. The first-order valence-corrected chi connectivity index (χ1v) is 7.34. The van der Waals surface area contributed by atoms with Gasteiger partial charge in [-0.1, -0.05) is 0 Å². The summed E-state index contributed by atoms with van der Waals surface area (Å²) in [5.74, 6) is 2.46. The number of ether oxygens (including phenoxy) is 2. The van der Waals surface area contributed by atoms with Gasteiger partial charge in [0.15, 0.2) is 0 Å². The Hall–Kier alpha value is -2.01. The lowest BCUT2D eigenvalue weighted by atomic mass is 10.3. The van der Waals surface area contributed by atoms with Crippen LogP contribution in [-0.2, 0) is 0 Å². The van der Waals surface area contributed by atoms with E-state index in [1.165, 1.54) is 0 Å². The van der Waals surface area contributed by atoms with Gasteiger partial charge in [0.25, 0.3) is 0 Å². The van der Waals surface area contributed by atoms with Gasteiger partial charge in [0, 0.05) is 0 Å². The van der Waals surface area contributed by atoms with E-state index in [-0.39, 0.29) is 0 Å². The van der Waals surface area contributed by atoms with Crippen molar-refractivity contribution in [1.29, 1.82) is 0 Å². The largest absolute Gasteiger partial charge is 0.497 e. The Kier molecular flexibility index (Phi) is 6.09. The predicted octanol–water partition coefficient (Wildman–Crippen LogP) is 4.81. The maximum atomic E-state index is 5.55. The first-order valence-electron chi connectivity index (χ1n) is 6.71. The predicted molar refractivity (Wildman–Crippen MR) is 87.6 cm³/mol. The van der Waals surface area contributed by atoms with Crippen LogP contribution in [0.5, 0.6) is 11.5 Å². The van der Waals surface area contributed by atoms with Gasteiger partial charge >= 0.3 is 0 Å². The molecule has 4 nitrogen and oxygen atoms in total. The standard InChI is InChI=1S/C16H18N2O2S/c1-19-15-7-3-13(4-8-15)17-18-14-5-9-16(10-6-14)20-11-2-12-21/h3-10,21H,2,11-12H2,1H3. The zero-order valence-corrected chi connectivity index (χ0v) is 12.8. The molecule has 2 aromatic carbocycles. The van der Waals surface area contributed by atoms with Gasteiger partial charge in [-0.05, 0) is 60.7 Å². The van der Waals surface area contributed by atoms with Gasteiger partial charge in [-0.3, -0.25) is 0 Å². The first-order chi connectivity index (χ1) is 10.3. The highest BCUT2D eigenvalue weighted by atomic mass is 32.1. The highest BCUT2D eigenvalue weighted by molar-refractivity contribution is 7.80. The molecule has 0 heterocycles. The van der Waals surface area contributed by atoms with Gasteiger partial charge in [-0.15, -0.1) is 0 Å². The van der Waals surface area contributed by atoms with Crippen LogP contribution in [0.25, 0.3) is 0 Å². The van der Waals surface area contributed by atoms with Crippen molar-refractivity contribution in [3.8, 4) is 11.5 Å². The fourth-order valence-corrected chi connectivity index (χ4v) is 1.76. The van der Waals surface area contributed by atoms with Crippen molar-refractivity contribution < 1.29 is 9.47 Å². The highest BCUT2D eigenvalue weighted by Crippen LogP contribution is 2.22. The summed E-state index contributed by atoms with van der Waals surface area (Å²) in [4.78, 5) is 0. The van der Waals surface area contributed by atoms with Gasteiger partial charge in [0.05, 0.1) is 25.1 Å². The van der Waals surface area contributed by atoms with E-state index < -0.39 is 0 Å². The average Bonchev–Trinajstić information content (AvgIpc) is 2.55. The fraction of sp³-hybridized carbons (Fsp3) is 0.250. The van der Waals surface area contributed by atoms with Crippen molar-refractivity contribution >= 4 is 24.0 Å². The summed E-state index contributed by atoms with van der Waals surface area (Å²) < 4.78 is 10.6. The van der Waals surface area contributed by atoms with E-state index in [1.54, 1.807) is 7.11 Å². The number of hydrogen-bond donors (Lipinski definition) is 1. The summed E-state index contributed by atoms with van der Waals surface area (Å²) >= 11 is 4.14. The maximum Gasteiger partial charge on any atom is 0.119 e. The zero-order valence-electron chi connectivity index (χ0n) is 11.9. The van der Waals surface area contributed by atoms with Crippen LogP contribution in [0.2, 0.25) is 0 Å². The van der Waals surface area contributed by atoms with Crippen LogP contribution in [-0.4, -0.2) is 19.5 Å². The third-order valence-electron chi connectivity index (χ3n) is 2.76. The molecular weight excluding hydrogens is 284 g/mol. The minimum atomic E-state index is 0.677. The molecule has 0 aliphatic carbocycles. The van der Waals surface area contributed by atoms with Crippen LogP contribution in [0.15, 0.2) is 58.8 Å². The summed E-state index contributed by atoms with van der Waals surface area (Å²) in [6.07, 6.45) is 0.933. The van der Waals surface area contributed by atoms with Crippen molar-refractivity contribution in [3.05, 3.63) is 48.5 Å². The van der Waals surface area contributed by atoms with Gasteiger partial charge in [0.1, 0.15) is 11.5 Å². The molecule has 110 valence electrons. The lowest BCUT2D eigenvalue weighted by Crippen LogP contribution is -1.97. The SMILES string of the molecule is COc1ccc(N=Nc2ccc(OCCCS)cc2)cc1. The lowest BCUT2D eigenvalue weighted by Gasteiger charge is -2.04. The molecule has 0 N–H and O–H groups in total. The third kappa shape index (κ3) is 5.11. The Morgan fingerprint density at radius 2 is 1.38 bits per heavy atom. The summed E-state index contributed by atoms with van der Waals surface area (Å²) in [5, 5.41) is 8.36. The minimum absolute atomic E-state index is 0.677. The molecule has 2 aromatic rings. The molecule has 21 heavy (non-hydrogen) atoms. The molecule has 0 spiro atoms. The first kappa shape index (κ1) is 15.4. The fourth-order valence-electron chi connectivity index (χ4n) is 1.63. The summed E-state index contributed by atoms with van der Waals surface area (Å²) in [5.41, 5.74) is 1.57. The monoisotopic (exact) mass is 302 g/mol. The second-order valence-electron chi connectivity index (χ2n) is 4.32. The Labute approximate surface area is 130 Å². The summed E-state index contributed by atoms with van der Waals surface area (Å²) in [6, 6.07) is 15.0. The Balaban J connectivity index is 1.93. The molecule has 0 radical (unpaired) electrons. The van der Waals surface area contributed by atoms with E-state index in [9.17, 15) is 0 Å². The van der Waals surface area contributed by atoms with Gasteiger partial charge in [-0.25, -0.2) is 0 Å². The van der Waals surface area contributed by atoms with Crippen LogP contribution in [0.4, 0.5) is 11.4 Å². The van der Waals surface area contributed by atoms with Crippen LogP contribution >= 0.6 is 12.6 Å². The molecule has 0 saturated heterocycles. The van der Waals surface area contributed by atoms with Crippen molar-refractivity contribution in [3.63, 3.8) is 0 Å². The van der Waals surface area contributed by atoms with Gasteiger partial charge in [-0.2, -0.15) is 22.9 Å². The topological polar surface area (TPSA) is 43.2 Å². The van der Waals surface area contributed by atoms with E-state index in [1.807, 2.05) is 48.5 Å². The smallest absolute Gasteiger partial charge is 0.119 e. The molecule has 0 fully saturated rings. The number of nitrogens with zero attached hydrogens (tertiary/aromatic N) is 2. The number of rotatable bonds is 7. The molecule has 0 bridgehead atoms. The van der Waals surface area contributed by atoms with Gasteiger partial charge in [0.2, 0.25) is 0 Å². The van der Waals surface area contributed by atoms with Crippen molar-refractivity contribution in [2.45, 2.75) is 6.42 Å². The van der Waals surface area contributed by atoms with Crippen molar-refractivity contribution in [2.24, 2.45) is 10.2 Å². The number of azo groups is 1. The molecule has 2 rings (SSSR count). The van der Waals surface area contributed by atoms with Crippen molar-refractivity contribution in [2.75, 3.05) is 19.5 Å². The number of thiol groups is 1. The average molecular weight is 302 g/mol. The second kappa shape index (κ2) is 8.32. The van der Waals surface area contributed by atoms with E-state index in [0.29, 0.717) is 6.61 Å². The third-order valence-corrected chi connectivity index (χ3v) is 3.08. The van der Waals surface area contributed by atoms with E-state index >= 15 is 0 Å². The minimum Gasteiger partial charge on any atom is -0.497 e. The zero-order chi connectivity index (χ0) is 14.9. The van der Waals surface area contributed by atoms with Crippen LogP contribution < -0.4 is 9.47 Å². The van der Waals surface area contributed by atoms with Crippen LogP contribution in [0.3, 0.4) is 0 Å². The molecule has 5 heteroatoms. The highest BCUT2D eigenvalue weighted by Gasteiger charge is 1.95. The molecule has 0 unspecified atom stereocenters. The molecule has 0 saturated carbocycles. The molecule has 0 amide bonds. The molecule has 0 atom stereocenters. The maximum absolute atomic E-state index is 5.55. The summed E-state index contributed by atoms with van der Waals surface area (Å²) in [6.45, 7) is 0.677. The second-order valence-corrected chi connectivity index (χ2v) is 4.76.